The van der Waals surface area contributed by atoms with Gasteiger partial charge in [-0.25, -0.2) is 9.59 Å². The Morgan fingerprint density at radius 2 is 1.78 bits per heavy atom. The van der Waals surface area contributed by atoms with Gasteiger partial charge in [-0.1, -0.05) is 35.9 Å². The lowest BCUT2D eigenvalue weighted by Gasteiger charge is -2.34. The summed E-state index contributed by atoms with van der Waals surface area (Å²) in [5.41, 5.74) is 3.57. The Hall–Kier alpha value is -2.86. The van der Waals surface area contributed by atoms with Crippen molar-refractivity contribution in [3.63, 3.8) is 0 Å². The van der Waals surface area contributed by atoms with E-state index < -0.39 is 5.97 Å². The molecule has 0 atom stereocenters. The second-order valence-electron chi connectivity index (χ2n) is 6.75. The van der Waals surface area contributed by atoms with Crippen LogP contribution in [0.3, 0.4) is 0 Å². The molecular weight excluding hydrogens is 342 g/mol. The van der Waals surface area contributed by atoms with Crippen LogP contribution >= 0.6 is 0 Å². The first-order chi connectivity index (χ1) is 13.0. The second kappa shape index (κ2) is 8.68. The molecule has 1 aliphatic heterocycles. The molecule has 0 aromatic heterocycles. The Kier molecular flexibility index (Phi) is 6.08. The minimum Gasteiger partial charge on any atom is -0.465 e. The number of urea groups is 1. The maximum absolute atomic E-state index is 12.5. The molecule has 0 aliphatic carbocycles. The number of ether oxygens (including phenoxy) is 1. The van der Waals surface area contributed by atoms with Crippen LogP contribution in [-0.4, -0.2) is 55.1 Å². The highest BCUT2D eigenvalue weighted by atomic mass is 16.5. The Labute approximate surface area is 159 Å². The molecule has 0 unspecified atom stereocenters. The number of benzene rings is 2. The summed E-state index contributed by atoms with van der Waals surface area (Å²) in [5, 5.41) is 2.86. The molecule has 1 saturated heterocycles. The van der Waals surface area contributed by atoms with E-state index in [0.717, 1.165) is 19.6 Å². The molecule has 6 heteroatoms. The molecule has 3 rings (SSSR count). The first-order valence-electron chi connectivity index (χ1n) is 9.07. The van der Waals surface area contributed by atoms with E-state index in [2.05, 4.69) is 41.4 Å². The average molecular weight is 367 g/mol. The predicted molar refractivity (Wildman–Crippen MR) is 105 cm³/mol. The van der Waals surface area contributed by atoms with Crippen LogP contribution in [-0.2, 0) is 11.3 Å². The molecule has 1 N–H and O–H groups in total. The number of nitrogens with zero attached hydrogens (tertiary/aromatic N) is 2. The van der Waals surface area contributed by atoms with Crippen molar-refractivity contribution in [3.05, 3.63) is 65.2 Å². The highest BCUT2D eigenvalue weighted by Crippen LogP contribution is 2.14. The van der Waals surface area contributed by atoms with E-state index in [1.807, 2.05) is 0 Å². The summed E-state index contributed by atoms with van der Waals surface area (Å²) in [5.74, 6) is -0.420. The monoisotopic (exact) mass is 367 g/mol. The van der Waals surface area contributed by atoms with Crippen LogP contribution in [0.15, 0.2) is 48.5 Å². The first kappa shape index (κ1) is 18.9. The van der Waals surface area contributed by atoms with Gasteiger partial charge in [0.1, 0.15) is 0 Å². The number of methoxy groups -OCH3 is 1. The molecular formula is C21H25N3O3. The molecule has 2 aromatic carbocycles. The molecule has 2 amide bonds. The number of piperazine rings is 1. The molecule has 2 aromatic rings. The van der Waals surface area contributed by atoms with Crippen molar-refractivity contribution in [2.75, 3.05) is 38.6 Å². The number of rotatable bonds is 4. The number of carbonyl (C=O) groups is 2. The topological polar surface area (TPSA) is 61.9 Å². The van der Waals surface area contributed by atoms with E-state index in [1.54, 1.807) is 29.2 Å². The van der Waals surface area contributed by atoms with E-state index in [-0.39, 0.29) is 6.03 Å². The van der Waals surface area contributed by atoms with Gasteiger partial charge in [0.2, 0.25) is 0 Å². The molecule has 6 nitrogen and oxygen atoms in total. The van der Waals surface area contributed by atoms with Crippen LogP contribution in [0.25, 0.3) is 0 Å². The van der Waals surface area contributed by atoms with Crippen LogP contribution in [0.1, 0.15) is 21.5 Å². The maximum Gasteiger partial charge on any atom is 0.337 e. The highest BCUT2D eigenvalue weighted by Gasteiger charge is 2.21. The van der Waals surface area contributed by atoms with E-state index in [0.29, 0.717) is 24.3 Å². The maximum atomic E-state index is 12.5. The summed E-state index contributed by atoms with van der Waals surface area (Å²) in [6.07, 6.45) is 0. The lowest BCUT2D eigenvalue weighted by atomic mass is 10.1. The molecule has 0 spiro atoms. The number of anilines is 1. The summed E-state index contributed by atoms with van der Waals surface area (Å²) in [6, 6.07) is 15.1. The molecule has 1 fully saturated rings. The molecule has 0 radical (unpaired) electrons. The Balaban J connectivity index is 1.52. The fourth-order valence-corrected chi connectivity index (χ4v) is 3.22. The fourth-order valence-electron chi connectivity index (χ4n) is 3.22. The highest BCUT2D eigenvalue weighted by molar-refractivity contribution is 5.93. The van der Waals surface area contributed by atoms with Gasteiger partial charge < -0.3 is 15.0 Å². The van der Waals surface area contributed by atoms with Gasteiger partial charge in [0.25, 0.3) is 0 Å². The first-order valence-corrected chi connectivity index (χ1v) is 9.07. The molecule has 27 heavy (non-hydrogen) atoms. The van der Waals surface area contributed by atoms with Crippen LogP contribution < -0.4 is 5.32 Å². The van der Waals surface area contributed by atoms with Crippen molar-refractivity contribution in [1.29, 1.82) is 0 Å². The van der Waals surface area contributed by atoms with Gasteiger partial charge in [0.15, 0.2) is 0 Å². The predicted octanol–water partition coefficient (Wildman–Crippen LogP) is 3.13. The van der Waals surface area contributed by atoms with E-state index >= 15 is 0 Å². The zero-order valence-electron chi connectivity index (χ0n) is 15.8. The van der Waals surface area contributed by atoms with Gasteiger partial charge in [0.05, 0.1) is 12.7 Å². The largest absolute Gasteiger partial charge is 0.465 e. The van der Waals surface area contributed by atoms with Gasteiger partial charge in [-0.05, 0) is 30.7 Å². The number of hydrogen-bond donors (Lipinski definition) is 1. The van der Waals surface area contributed by atoms with E-state index in [4.69, 9.17) is 4.74 Å². The zero-order valence-corrected chi connectivity index (χ0v) is 15.8. The third-order valence-electron chi connectivity index (χ3n) is 4.68. The average Bonchev–Trinajstić information content (AvgIpc) is 2.68. The summed E-state index contributed by atoms with van der Waals surface area (Å²) >= 11 is 0. The second-order valence-corrected chi connectivity index (χ2v) is 6.75. The Morgan fingerprint density at radius 3 is 2.48 bits per heavy atom. The third-order valence-corrected chi connectivity index (χ3v) is 4.68. The number of hydrogen-bond acceptors (Lipinski definition) is 4. The summed E-state index contributed by atoms with van der Waals surface area (Å²) < 4.78 is 4.71. The smallest absolute Gasteiger partial charge is 0.337 e. The lowest BCUT2D eigenvalue weighted by Crippen LogP contribution is -2.49. The van der Waals surface area contributed by atoms with Crippen molar-refractivity contribution < 1.29 is 14.3 Å². The number of nitrogens with one attached hydrogen (secondary N) is 1. The van der Waals surface area contributed by atoms with Gasteiger partial charge in [0, 0.05) is 38.4 Å². The van der Waals surface area contributed by atoms with Gasteiger partial charge in [-0.15, -0.1) is 0 Å². The minimum atomic E-state index is -0.420. The number of esters is 1. The van der Waals surface area contributed by atoms with Crippen molar-refractivity contribution in [2.45, 2.75) is 13.5 Å². The molecule has 0 saturated carbocycles. The number of aryl methyl sites for hydroxylation is 1. The van der Waals surface area contributed by atoms with Gasteiger partial charge in [-0.2, -0.15) is 0 Å². The van der Waals surface area contributed by atoms with Crippen molar-refractivity contribution in [3.8, 4) is 0 Å². The van der Waals surface area contributed by atoms with Gasteiger partial charge in [-0.3, -0.25) is 4.90 Å². The van der Waals surface area contributed by atoms with Crippen molar-refractivity contribution >= 4 is 17.7 Å². The van der Waals surface area contributed by atoms with Crippen molar-refractivity contribution in [1.82, 2.24) is 9.80 Å². The molecule has 1 aliphatic rings. The van der Waals surface area contributed by atoms with Crippen LogP contribution in [0.2, 0.25) is 0 Å². The summed E-state index contributed by atoms with van der Waals surface area (Å²) in [4.78, 5) is 28.3. The lowest BCUT2D eigenvalue weighted by molar-refractivity contribution is 0.0600. The Bertz CT molecular complexity index is 814. The minimum absolute atomic E-state index is 0.146. The Morgan fingerprint density at radius 1 is 1.04 bits per heavy atom. The standard InChI is InChI=1S/C21H25N3O3/c1-16-5-3-6-17(13-16)15-23-9-11-24(12-10-23)21(26)22-19-8-4-7-18(14-19)20(25)27-2/h3-8,13-14H,9-12,15H2,1-2H3,(H,22,26). The SMILES string of the molecule is COC(=O)c1cccc(NC(=O)N2CCN(Cc3cccc(C)c3)CC2)c1. The van der Waals surface area contributed by atoms with E-state index in [1.165, 1.54) is 18.2 Å². The summed E-state index contributed by atoms with van der Waals surface area (Å²) in [7, 11) is 1.34. The molecule has 1 heterocycles. The van der Waals surface area contributed by atoms with Gasteiger partial charge >= 0.3 is 12.0 Å². The summed E-state index contributed by atoms with van der Waals surface area (Å²) in [6.45, 7) is 6.02. The van der Waals surface area contributed by atoms with E-state index in [9.17, 15) is 9.59 Å². The molecule has 0 bridgehead atoms. The number of amides is 2. The zero-order chi connectivity index (χ0) is 19.2. The van der Waals surface area contributed by atoms with Crippen molar-refractivity contribution in [2.24, 2.45) is 0 Å². The number of carbonyl (C=O) groups excluding carboxylic acids is 2. The quantitative estimate of drug-likeness (QED) is 0.844. The fraction of sp³-hybridized carbons (Fsp3) is 0.333. The van der Waals surface area contributed by atoms with Crippen LogP contribution in [0, 0.1) is 6.92 Å². The third kappa shape index (κ3) is 5.08. The molecule has 142 valence electrons. The van der Waals surface area contributed by atoms with Crippen LogP contribution in [0.4, 0.5) is 10.5 Å². The van der Waals surface area contributed by atoms with Crippen LogP contribution in [0.5, 0.6) is 0 Å². The normalized spacial score (nSPS) is 14.7.